The van der Waals surface area contributed by atoms with Gasteiger partial charge in [0.15, 0.2) is 0 Å². The zero-order valence-electron chi connectivity index (χ0n) is 15.8. The number of rotatable bonds is 9. The first kappa shape index (κ1) is 19.6. The fourth-order valence-corrected chi connectivity index (χ4v) is 2.67. The van der Waals surface area contributed by atoms with Crippen LogP contribution in [0, 0.1) is 0 Å². The molecule has 1 aromatic carbocycles. The fraction of sp³-hybridized carbons (Fsp3) is 0.286. The van der Waals surface area contributed by atoms with Gasteiger partial charge in [0.1, 0.15) is 12.4 Å². The Morgan fingerprint density at radius 2 is 2.11 bits per heavy atom. The molecule has 146 valence electrons. The molecule has 28 heavy (non-hydrogen) atoms. The lowest BCUT2D eigenvalue weighted by Gasteiger charge is -2.09. The Hall–Kier alpha value is -3.19. The van der Waals surface area contributed by atoms with Crippen LogP contribution in [0.2, 0.25) is 0 Å². The molecule has 7 heteroatoms. The van der Waals surface area contributed by atoms with Crippen LogP contribution in [0.25, 0.3) is 11.4 Å². The molecular weight excluding hydrogens is 356 g/mol. The molecule has 0 fully saturated rings. The van der Waals surface area contributed by atoms with Gasteiger partial charge in [-0.3, -0.25) is 14.9 Å². The number of aliphatic hydroxyl groups excluding tert-OH is 1. The molecule has 2 heterocycles. The van der Waals surface area contributed by atoms with Gasteiger partial charge in [-0.25, -0.2) is 0 Å². The Morgan fingerprint density at radius 3 is 2.82 bits per heavy atom. The molecule has 1 atom stereocenters. The number of hydrogen-bond acceptors (Lipinski definition) is 5. The average molecular weight is 380 g/mol. The number of ether oxygens (including phenoxy) is 1. The summed E-state index contributed by atoms with van der Waals surface area (Å²) in [7, 11) is 0. The summed E-state index contributed by atoms with van der Waals surface area (Å²) in [5, 5.41) is 18.7. The Morgan fingerprint density at radius 1 is 1.25 bits per heavy atom. The van der Waals surface area contributed by atoms with Crippen molar-refractivity contribution in [3.63, 3.8) is 0 Å². The summed E-state index contributed by atoms with van der Waals surface area (Å²) in [5.41, 5.74) is 3.76. The van der Waals surface area contributed by atoms with Crippen LogP contribution in [0.5, 0.6) is 5.75 Å². The lowest BCUT2D eigenvalue weighted by atomic mass is 10.1. The minimum atomic E-state index is -0.535. The second kappa shape index (κ2) is 9.66. The van der Waals surface area contributed by atoms with Crippen LogP contribution >= 0.6 is 0 Å². The van der Waals surface area contributed by atoms with Gasteiger partial charge < -0.3 is 15.2 Å². The van der Waals surface area contributed by atoms with Crippen molar-refractivity contribution in [2.24, 2.45) is 0 Å². The van der Waals surface area contributed by atoms with Crippen molar-refractivity contribution in [1.29, 1.82) is 0 Å². The molecule has 0 bridgehead atoms. The summed E-state index contributed by atoms with van der Waals surface area (Å²) in [6.45, 7) is 2.34. The summed E-state index contributed by atoms with van der Waals surface area (Å²) in [4.78, 5) is 16.1. The van der Waals surface area contributed by atoms with E-state index >= 15 is 0 Å². The van der Waals surface area contributed by atoms with Crippen molar-refractivity contribution in [2.75, 3.05) is 6.54 Å². The molecule has 0 aliphatic heterocycles. The van der Waals surface area contributed by atoms with Crippen molar-refractivity contribution in [3.8, 4) is 17.1 Å². The highest BCUT2D eigenvalue weighted by Gasteiger charge is 2.05. The lowest BCUT2D eigenvalue weighted by Crippen LogP contribution is -2.30. The highest BCUT2D eigenvalue weighted by atomic mass is 16.5. The van der Waals surface area contributed by atoms with Crippen molar-refractivity contribution < 1.29 is 14.6 Å². The number of carbonyl (C=O) groups is 1. The summed E-state index contributed by atoms with van der Waals surface area (Å²) >= 11 is 0. The van der Waals surface area contributed by atoms with E-state index in [9.17, 15) is 9.90 Å². The van der Waals surface area contributed by atoms with Crippen molar-refractivity contribution in [3.05, 3.63) is 66.0 Å². The molecule has 0 saturated carbocycles. The Kier molecular flexibility index (Phi) is 6.75. The second-order valence-corrected chi connectivity index (χ2v) is 6.61. The van der Waals surface area contributed by atoms with Crippen LogP contribution in [0.15, 0.2) is 54.9 Å². The Labute approximate surface area is 163 Å². The normalized spacial score (nSPS) is 11.8. The molecular formula is C21H24N4O3. The van der Waals surface area contributed by atoms with Gasteiger partial charge in [0.2, 0.25) is 5.91 Å². The molecule has 3 N–H and O–H groups in total. The maximum atomic E-state index is 11.8. The van der Waals surface area contributed by atoms with Gasteiger partial charge in [-0.15, -0.1) is 0 Å². The third kappa shape index (κ3) is 5.92. The fourth-order valence-electron chi connectivity index (χ4n) is 2.67. The molecule has 0 saturated heterocycles. The van der Waals surface area contributed by atoms with E-state index in [1.807, 2.05) is 42.5 Å². The van der Waals surface area contributed by atoms with Crippen LogP contribution in [0.3, 0.4) is 0 Å². The topological polar surface area (TPSA) is 100 Å². The lowest BCUT2D eigenvalue weighted by molar-refractivity contribution is -0.121. The summed E-state index contributed by atoms with van der Waals surface area (Å²) in [6.07, 6.45) is 3.86. The quantitative estimate of drug-likeness (QED) is 0.530. The third-order valence-electron chi connectivity index (χ3n) is 4.15. The zero-order chi connectivity index (χ0) is 19.8. The van der Waals surface area contributed by atoms with Crippen molar-refractivity contribution in [2.45, 2.75) is 32.5 Å². The number of aromatic nitrogens is 3. The largest absolute Gasteiger partial charge is 0.487 e. The van der Waals surface area contributed by atoms with E-state index in [2.05, 4.69) is 20.5 Å². The average Bonchev–Trinajstić information content (AvgIpc) is 3.25. The van der Waals surface area contributed by atoms with E-state index in [0.717, 1.165) is 22.5 Å². The van der Waals surface area contributed by atoms with Gasteiger partial charge in [-0.05, 0) is 42.7 Å². The van der Waals surface area contributed by atoms with E-state index in [1.165, 1.54) is 0 Å². The first-order valence-electron chi connectivity index (χ1n) is 9.21. The van der Waals surface area contributed by atoms with Gasteiger partial charge in [-0.1, -0.05) is 24.3 Å². The van der Waals surface area contributed by atoms with Gasteiger partial charge in [0.05, 0.1) is 23.7 Å². The number of benzene rings is 1. The van der Waals surface area contributed by atoms with Crippen molar-refractivity contribution >= 4 is 5.91 Å². The first-order valence-corrected chi connectivity index (χ1v) is 9.21. The minimum Gasteiger partial charge on any atom is -0.487 e. The van der Waals surface area contributed by atoms with Crippen LogP contribution < -0.4 is 10.1 Å². The number of hydrogen-bond donors (Lipinski definition) is 3. The summed E-state index contributed by atoms with van der Waals surface area (Å²) in [6, 6.07) is 13.6. The highest BCUT2D eigenvalue weighted by Crippen LogP contribution is 2.18. The number of aromatic amines is 1. The summed E-state index contributed by atoms with van der Waals surface area (Å²) < 4.78 is 5.81. The minimum absolute atomic E-state index is 0.0639. The molecule has 1 amide bonds. The second-order valence-electron chi connectivity index (χ2n) is 6.61. The molecule has 0 spiro atoms. The smallest absolute Gasteiger partial charge is 0.220 e. The molecule has 2 aromatic heterocycles. The van der Waals surface area contributed by atoms with Crippen molar-refractivity contribution in [1.82, 2.24) is 20.5 Å². The van der Waals surface area contributed by atoms with Gasteiger partial charge in [0, 0.05) is 19.2 Å². The predicted molar refractivity (Wildman–Crippen MR) is 106 cm³/mol. The third-order valence-corrected chi connectivity index (χ3v) is 4.15. The Balaban J connectivity index is 1.50. The van der Waals surface area contributed by atoms with E-state index in [-0.39, 0.29) is 12.5 Å². The van der Waals surface area contributed by atoms with Crippen LogP contribution in [-0.4, -0.2) is 38.8 Å². The van der Waals surface area contributed by atoms with E-state index in [1.54, 1.807) is 19.3 Å². The number of nitrogens with one attached hydrogen (secondary N) is 2. The number of aryl methyl sites for hydroxylation is 1. The number of pyridine rings is 1. The van der Waals surface area contributed by atoms with Crippen LogP contribution in [0.4, 0.5) is 0 Å². The standard InChI is InChI=1S/C21H24N4O3/c1-15(26)12-23-21(27)8-5-16-3-2-4-17(11-16)14-28-18-6-7-19(22-13-18)20-9-10-24-25-20/h2-4,6-7,9-11,13,15,26H,5,8,12,14H2,1H3,(H,23,27)(H,24,25). The zero-order valence-corrected chi connectivity index (χ0v) is 15.8. The van der Waals surface area contributed by atoms with Gasteiger partial charge in [0.25, 0.3) is 0 Å². The maximum absolute atomic E-state index is 11.8. The number of amides is 1. The van der Waals surface area contributed by atoms with E-state index in [0.29, 0.717) is 25.2 Å². The molecule has 3 rings (SSSR count). The van der Waals surface area contributed by atoms with E-state index in [4.69, 9.17) is 4.74 Å². The maximum Gasteiger partial charge on any atom is 0.220 e. The van der Waals surface area contributed by atoms with Gasteiger partial charge >= 0.3 is 0 Å². The number of carbonyl (C=O) groups excluding carboxylic acids is 1. The molecule has 0 radical (unpaired) electrons. The first-order chi connectivity index (χ1) is 13.6. The Bertz CT molecular complexity index is 877. The monoisotopic (exact) mass is 380 g/mol. The van der Waals surface area contributed by atoms with Crippen LogP contribution in [0.1, 0.15) is 24.5 Å². The highest BCUT2D eigenvalue weighted by molar-refractivity contribution is 5.76. The number of H-pyrrole nitrogens is 1. The SMILES string of the molecule is CC(O)CNC(=O)CCc1cccc(COc2ccc(-c3ccn[nH]3)nc2)c1. The van der Waals surface area contributed by atoms with Crippen LogP contribution in [-0.2, 0) is 17.8 Å². The predicted octanol–water partition coefficient (Wildman–Crippen LogP) is 2.48. The summed E-state index contributed by atoms with van der Waals surface area (Å²) in [5.74, 6) is 0.622. The molecule has 1 unspecified atom stereocenters. The number of aliphatic hydroxyl groups is 1. The van der Waals surface area contributed by atoms with E-state index < -0.39 is 6.10 Å². The number of nitrogens with zero attached hydrogens (tertiary/aromatic N) is 2. The molecule has 7 nitrogen and oxygen atoms in total. The van der Waals surface area contributed by atoms with Gasteiger partial charge in [-0.2, -0.15) is 5.10 Å². The molecule has 0 aliphatic carbocycles. The molecule has 0 aliphatic rings. The molecule has 3 aromatic rings.